The van der Waals surface area contributed by atoms with E-state index in [2.05, 4.69) is 6.92 Å². The van der Waals surface area contributed by atoms with Crippen LogP contribution in [0.4, 0.5) is 0 Å². The number of hydrogen-bond donors (Lipinski definition) is 0. The first-order chi connectivity index (χ1) is 3.89. The molecule has 0 aromatic rings. The largest absolute Gasteiger partial charge is 0.237 e. The quantitative estimate of drug-likeness (QED) is 0.445. The van der Waals surface area contributed by atoms with Gasteiger partial charge in [0.2, 0.25) is 0 Å². The highest BCUT2D eigenvalue weighted by Gasteiger charge is 2.06. The Morgan fingerprint density at radius 3 is 3.12 bits per heavy atom. The molecule has 0 saturated carbocycles. The van der Waals surface area contributed by atoms with Gasteiger partial charge < -0.3 is 0 Å². The van der Waals surface area contributed by atoms with Gasteiger partial charge in [0.05, 0.1) is 13.2 Å². The van der Waals surface area contributed by atoms with Gasteiger partial charge in [0.15, 0.2) is 0 Å². The molecule has 1 aliphatic rings. The Kier molecular flexibility index (Phi) is 2.30. The summed E-state index contributed by atoms with van der Waals surface area (Å²) in [7, 11) is 0. The van der Waals surface area contributed by atoms with Crippen LogP contribution < -0.4 is 0 Å². The average molecular weight is 116 g/mol. The molecule has 1 fully saturated rings. The van der Waals surface area contributed by atoms with E-state index in [-0.39, 0.29) is 0 Å². The second-order valence-corrected chi connectivity index (χ2v) is 2.35. The molecule has 1 rings (SSSR count). The maximum atomic E-state index is 4.81. The Labute approximate surface area is 49.7 Å². The lowest BCUT2D eigenvalue weighted by Gasteiger charge is -2.01. The van der Waals surface area contributed by atoms with Crippen molar-refractivity contribution in [3.63, 3.8) is 0 Å². The van der Waals surface area contributed by atoms with Crippen molar-refractivity contribution >= 4 is 0 Å². The zero-order valence-corrected chi connectivity index (χ0v) is 5.22. The van der Waals surface area contributed by atoms with Gasteiger partial charge in [-0.3, -0.25) is 0 Å². The van der Waals surface area contributed by atoms with E-state index < -0.39 is 0 Å². The first kappa shape index (κ1) is 6.05. The summed E-state index contributed by atoms with van der Waals surface area (Å²) in [4.78, 5) is 9.57. The highest BCUT2D eigenvalue weighted by atomic mass is 17.2. The minimum atomic E-state index is 0.678. The van der Waals surface area contributed by atoms with Crippen molar-refractivity contribution in [3.05, 3.63) is 0 Å². The van der Waals surface area contributed by atoms with Crippen LogP contribution in [0, 0.1) is 5.92 Å². The molecule has 1 heterocycles. The Balaban J connectivity index is 2.17. The monoisotopic (exact) mass is 116 g/mol. The van der Waals surface area contributed by atoms with Crippen LogP contribution in [0.15, 0.2) is 0 Å². The van der Waals surface area contributed by atoms with Crippen LogP contribution in [-0.4, -0.2) is 13.2 Å². The third-order valence-electron chi connectivity index (χ3n) is 1.36. The minimum absolute atomic E-state index is 0.678. The van der Waals surface area contributed by atoms with Crippen LogP contribution in [-0.2, 0) is 9.78 Å². The molecule has 1 aliphatic heterocycles. The van der Waals surface area contributed by atoms with Crippen molar-refractivity contribution < 1.29 is 9.78 Å². The molecule has 48 valence electrons. The standard InChI is InChI=1S/C6H12O2/c1-6-3-2-4-7-8-5-6/h6H,2-5H2,1H3. The summed E-state index contributed by atoms with van der Waals surface area (Å²) in [5.41, 5.74) is 0. The van der Waals surface area contributed by atoms with Crippen molar-refractivity contribution in [3.8, 4) is 0 Å². The predicted molar refractivity (Wildman–Crippen MR) is 30.3 cm³/mol. The molecule has 0 spiro atoms. The van der Waals surface area contributed by atoms with E-state index in [1.807, 2.05) is 0 Å². The van der Waals surface area contributed by atoms with Crippen molar-refractivity contribution in [1.29, 1.82) is 0 Å². The van der Waals surface area contributed by atoms with Crippen LogP contribution in [0.5, 0.6) is 0 Å². The Bertz CT molecular complexity index is 55.5. The van der Waals surface area contributed by atoms with Gasteiger partial charge in [-0.15, -0.1) is 0 Å². The fraction of sp³-hybridized carbons (Fsp3) is 1.00. The van der Waals surface area contributed by atoms with Gasteiger partial charge in [-0.1, -0.05) is 6.92 Å². The normalized spacial score (nSPS) is 31.9. The third-order valence-corrected chi connectivity index (χ3v) is 1.36. The molecular weight excluding hydrogens is 104 g/mol. The van der Waals surface area contributed by atoms with Crippen LogP contribution in [0.1, 0.15) is 19.8 Å². The zero-order chi connectivity index (χ0) is 5.82. The van der Waals surface area contributed by atoms with Crippen molar-refractivity contribution in [2.45, 2.75) is 19.8 Å². The van der Waals surface area contributed by atoms with Gasteiger partial charge in [0.1, 0.15) is 0 Å². The molecule has 1 atom stereocenters. The van der Waals surface area contributed by atoms with E-state index in [4.69, 9.17) is 9.78 Å². The molecule has 0 N–H and O–H groups in total. The maximum Gasteiger partial charge on any atom is 0.0847 e. The van der Waals surface area contributed by atoms with Crippen molar-refractivity contribution in [2.75, 3.05) is 13.2 Å². The van der Waals surface area contributed by atoms with Gasteiger partial charge in [-0.25, -0.2) is 9.78 Å². The fourth-order valence-electron chi connectivity index (χ4n) is 0.797. The smallest absolute Gasteiger partial charge is 0.0847 e. The van der Waals surface area contributed by atoms with E-state index >= 15 is 0 Å². The molecule has 0 bridgehead atoms. The molecule has 0 aromatic heterocycles. The minimum Gasteiger partial charge on any atom is -0.237 e. The lowest BCUT2D eigenvalue weighted by molar-refractivity contribution is -0.291. The van der Waals surface area contributed by atoms with E-state index in [0.29, 0.717) is 5.92 Å². The Morgan fingerprint density at radius 2 is 2.25 bits per heavy atom. The van der Waals surface area contributed by atoms with Crippen molar-refractivity contribution in [2.24, 2.45) is 5.92 Å². The Hall–Kier alpha value is -0.0800. The Morgan fingerprint density at radius 1 is 1.38 bits per heavy atom. The summed E-state index contributed by atoms with van der Waals surface area (Å²) in [5, 5.41) is 0. The number of hydrogen-bond acceptors (Lipinski definition) is 2. The molecule has 1 unspecified atom stereocenters. The highest BCUT2D eigenvalue weighted by Crippen LogP contribution is 2.09. The number of rotatable bonds is 0. The van der Waals surface area contributed by atoms with Gasteiger partial charge in [0, 0.05) is 0 Å². The summed E-state index contributed by atoms with van der Waals surface area (Å²) in [6.07, 6.45) is 2.38. The van der Waals surface area contributed by atoms with Gasteiger partial charge in [0.25, 0.3) is 0 Å². The molecule has 2 heteroatoms. The van der Waals surface area contributed by atoms with E-state index in [1.54, 1.807) is 0 Å². The summed E-state index contributed by atoms with van der Waals surface area (Å²) >= 11 is 0. The molecule has 2 nitrogen and oxygen atoms in total. The van der Waals surface area contributed by atoms with E-state index in [0.717, 1.165) is 19.6 Å². The molecule has 0 amide bonds. The van der Waals surface area contributed by atoms with Crippen LogP contribution >= 0.6 is 0 Å². The second kappa shape index (κ2) is 3.05. The molecule has 1 saturated heterocycles. The summed E-state index contributed by atoms with van der Waals surface area (Å²) in [5.74, 6) is 0.678. The van der Waals surface area contributed by atoms with Gasteiger partial charge >= 0.3 is 0 Å². The average Bonchev–Trinajstić information content (AvgIpc) is 1.94. The fourth-order valence-corrected chi connectivity index (χ4v) is 0.797. The maximum absolute atomic E-state index is 4.81. The van der Waals surface area contributed by atoms with Crippen molar-refractivity contribution in [1.82, 2.24) is 0 Å². The summed E-state index contributed by atoms with van der Waals surface area (Å²) < 4.78 is 0. The molecule has 8 heavy (non-hydrogen) atoms. The van der Waals surface area contributed by atoms with E-state index in [9.17, 15) is 0 Å². The third kappa shape index (κ3) is 1.80. The lowest BCUT2D eigenvalue weighted by atomic mass is 10.1. The molecule has 0 radical (unpaired) electrons. The first-order valence-corrected chi connectivity index (χ1v) is 3.14. The molecule has 0 aliphatic carbocycles. The zero-order valence-electron chi connectivity index (χ0n) is 5.22. The SMILES string of the molecule is CC1CCCOOC1. The lowest BCUT2D eigenvalue weighted by Crippen LogP contribution is -2.00. The molecular formula is C6H12O2. The molecule has 0 aromatic carbocycles. The summed E-state index contributed by atoms with van der Waals surface area (Å²) in [6.45, 7) is 3.71. The van der Waals surface area contributed by atoms with Crippen LogP contribution in [0.3, 0.4) is 0 Å². The van der Waals surface area contributed by atoms with E-state index in [1.165, 1.54) is 6.42 Å². The topological polar surface area (TPSA) is 18.5 Å². The predicted octanol–water partition coefficient (Wildman–Crippen LogP) is 1.36. The summed E-state index contributed by atoms with van der Waals surface area (Å²) in [6, 6.07) is 0. The van der Waals surface area contributed by atoms with Crippen LogP contribution in [0.25, 0.3) is 0 Å². The first-order valence-electron chi connectivity index (χ1n) is 3.14. The van der Waals surface area contributed by atoms with Gasteiger partial charge in [-0.2, -0.15) is 0 Å². The van der Waals surface area contributed by atoms with Crippen LogP contribution in [0.2, 0.25) is 0 Å². The van der Waals surface area contributed by atoms with Gasteiger partial charge in [-0.05, 0) is 18.8 Å². The second-order valence-electron chi connectivity index (χ2n) is 2.35. The highest BCUT2D eigenvalue weighted by molar-refractivity contribution is 4.51.